The molecular weight excluding hydrogens is 450 g/mol. The van der Waals surface area contributed by atoms with E-state index in [0.717, 1.165) is 37.4 Å². The molecule has 0 unspecified atom stereocenters. The zero-order valence-corrected chi connectivity index (χ0v) is 19.3. The molecule has 3 heterocycles. The minimum absolute atomic E-state index is 0.0356. The van der Waals surface area contributed by atoms with Gasteiger partial charge in [-0.25, -0.2) is 4.68 Å². The first kappa shape index (κ1) is 22.4. The molecule has 0 radical (unpaired) electrons. The molecule has 0 N–H and O–H groups in total. The number of pyridine rings is 1. The molecule has 1 aliphatic heterocycles. The van der Waals surface area contributed by atoms with E-state index in [1.165, 1.54) is 6.07 Å². The number of benzene rings is 1. The third-order valence-corrected chi connectivity index (χ3v) is 6.16. The molecule has 3 aromatic rings. The predicted octanol–water partition coefficient (Wildman–Crippen LogP) is 4.23. The molecule has 32 heavy (non-hydrogen) atoms. The highest BCUT2D eigenvalue weighted by Crippen LogP contribution is 2.31. The average Bonchev–Trinajstić information content (AvgIpc) is 3.10. The Bertz CT molecular complexity index is 1160. The Morgan fingerprint density at radius 2 is 1.88 bits per heavy atom. The number of nitro groups is 1. The fourth-order valence-corrected chi connectivity index (χ4v) is 4.35. The summed E-state index contributed by atoms with van der Waals surface area (Å²) >= 11 is 11.7. The first-order valence-corrected chi connectivity index (χ1v) is 11.3. The van der Waals surface area contributed by atoms with E-state index in [1.807, 2.05) is 21.7 Å². The monoisotopic (exact) mass is 473 g/mol. The summed E-state index contributed by atoms with van der Waals surface area (Å²) in [6, 6.07) is 8.69. The lowest BCUT2D eigenvalue weighted by atomic mass is 10.2. The maximum atomic E-state index is 11.4. The summed E-state index contributed by atoms with van der Waals surface area (Å²) in [5, 5.41) is 16.6. The van der Waals surface area contributed by atoms with Crippen LogP contribution in [0.15, 0.2) is 42.7 Å². The highest BCUT2D eigenvalue weighted by molar-refractivity contribution is 7.71. The quantitative estimate of drug-likeness (QED) is 0.288. The maximum Gasteiger partial charge on any atom is 0.294 e. The molecule has 0 atom stereocenters. The van der Waals surface area contributed by atoms with Crippen molar-refractivity contribution in [3.05, 3.63) is 62.6 Å². The van der Waals surface area contributed by atoms with Crippen LogP contribution in [0, 0.1) is 14.9 Å². The third kappa shape index (κ3) is 4.67. The van der Waals surface area contributed by atoms with Crippen molar-refractivity contribution in [1.29, 1.82) is 0 Å². The van der Waals surface area contributed by atoms with Gasteiger partial charge in [0.15, 0.2) is 10.6 Å². The van der Waals surface area contributed by atoms with Crippen LogP contribution in [0.1, 0.15) is 13.3 Å². The molecule has 1 fully saturated rings. The molecule has 0 bridgehead atoms. The number of nitro benzene ring substituents is 1. The third-order valence-electron chi connectivity index (χ3n) is 5.49. The van der Waals surface area contributed by atoms with Crippen LogP contribution in [-0.2, 0) is 13.2 Å². The van der Waals surface area contributed by atoms with Crippen LogP contribution < -0.4 is 4.90 Å². The smallest absolute Gasteiger partial charge is 0.294 e. The van der Waals surface area contributed by atoms with Crippen LogP contribution in [0.25, 0.3) is 11.4 Å². The number of aromatic nitrogens is 4. The first-order chi connectivity index (χ1) is 15.5. The van der Waals surface area contributed by atoms with Gasteiger partial charge in [-0.2, -0.15) is 5.10 Å². The van der Waals surface area contributed by atoms with Crippen molar-refractivity contribution >= 4 is 35.2 Å². The van der Waals surface area contributed by atoms with Crippen molar-refractivity contribution in [3.8, 4) is 11.4 Å². The van der Waals surface area contributed by atoms with E-state index in [1.54, 1.807) is 24.5 Å². The molecular formula is C21H24ClN7O2S. The van der Waals surface area contributed by atoms with Gasteiger partial charge in [-0.3, -0.25) is 24.6 Å². The van der Waals surface area contributed by atoms with Crippen molar-refractivity contribution in [2.24, 2.45) is 0 Å². The van der Waals surface area contributed by atoms with E-state index in [4.69, 9.17) is 28.9 Å². The van der Waals surface area contributed by atoms with E-state index in [0.29, 0.717) is 35.2 Å². The van der Waals surface area contributed by atoms with Gasteiger partial charge < -0.3 is 4.90 Å². The van der Waals surface area contributed by atoms with Gasteiger partial charge in [0.2, 0.25) is 0 Å². The standard InChI is InChI=1S/C21H24ClN7O2S/c1-2-9-27-20(16-5-7-23-8-6-16)24-28(21(27)32)15-25-10-12-26(13-11-25)18-4-3-17(22)14-19(18)29(30)31/h3-8,14H,2,9-13,15H2,1H3. The second kappa shape index (κ2) is 9.76. The molecule has 11 heteroatoms. The Hall–Kier alpha value is -2.82. The molecule has 0 saturated carbocycles. The number of rotatable bonds is 7. The molecule has 168 valence electrons. The van der Waals surface area contributed by atoms with Crippen LogP contribution in [-0.4, -0.2) is 55.3 Å². The largest absolute Gasteiger partial charge is 0.363 e. The summed E-state index contributed by atoms with van der Waals surface area (Å²) in [5.41, 5.74) is 1.62. The lowest BCUT2D eigenvalue weighted by Crippen LogP contribution is -2.47. The average molecular weight is 474 g/mol. The van der Waals surface area contributed by atoms with Crippen molar-refractivity contribution in [2.75, 3.05) is 31.1 Å². The molecule has 9 nitrogen and oxygen atoms in total. The number of hydrogen-bond donors (Lipinski definition) is 0. The zero-order valence-electron chi connectivity index (χ0n) is 17.7. The summed E-state index contributed by atoms with van der Waals surface area (Å²) in [6.07, 6.45) is 4.46. The van der Waals surface area contributed by atoms with Gasteiger partial charge in [-0.1, -0.05) is 18.5 Å². The highest BCUT2D eigenvalue weighted by atomic mass is 35.5. The Morgan fingerprint density at radius 1 is 1.16 bits per heavy atom. The number of anilines is 1. The SMILES string of the molecule is CCCn1c(-c2ccncc2)nn(CN2CCN(c3ccc(Cl)cc3[N+](=O)[O-])CC2)c1=S. The van der Waals surface area contributed by atoms with E-state index < -0.39 is 0 Å². The number of nitrogens with zero attached hydrogens (tertiary/aromatic N) is 7. The number of hydrogen-bond acceptors (Lipinski definition) is 7. The van der Waals surface area contributed by atoms with Gasteiger partial charge in [-0.05, 0) is 42.9 Å². The Kier molecular flexibility index (Phi) is 6.83. The van der Waals surface area contributed by atoms with Crippen molar-refractivity contribution in [1.82, 2.24) is 24.2 Å². The van der Waals surface area contributed by atoms with Crippen molar-refractivity contribution in [2.45, 2.75) is 26.6 Å². The minimum Gasteiger partial charge on any atom is -0.363 e. The van der Waals surface area contributed by atoms with Gasteiger partial charge >= 0.3 is 0 Å². The topological polar surface area (TPSA) is 85.3 Å². The minimum atomic E-state index is -0.381. The van der Waals surface area contributed by atoms with Gasteiger partial charge in [-0.15, -0.1) is 0 Å². The number of halogens is 1. The van der Waals surface area contributed by atoms with Gasteiger partial charge in [0.05, 0.1) is 11.6 Å². The molecule has 2 aromatic heterocycles. The molecule has 0 amide bonds. The second-order valence-corrected chi connectivity index (χ2v) is 8.43. The van der Waals surface area contributed by atoms with Gasteiger partial charge in [0.1, 0.15) is 5.69 Å². The van der Waals surface area contributed by atoms with Crippen molar-refractivity contribution < 1.29 is 4.92 Å². The molecule has 1 aliphatic rings. The normalized spacial score (nSPS) is 14.6. The molecule has 1 saturated heterocycles. The van der Waals surface area contributed by atoms with E-state index in [9.17, 15) is 10.1 Å². The van der Waals surface area contributed by atoms with Crippen molar-refractivity contribution in [3.63, 3.8) is 0 Å². The predicted molar refractivity (Wildman–Crippen MR) is 126 cm³/mol. The Labute approximate surface area is 196 Å². The summed E-state index contributed by atoms with van der Waals surface area (Å²) in [6.45, 7) is 6.31. The zero-order chi connectivity index (χ0) is 22.7. The van der Waals surface area contributed by atoms with Crippen LogP contribution in [0.5, 0.6) is 0 Å². The van der Waals surface area contributed by atoms with Gasteiger partial charge in [0.25, 0.3) is 5.69 Å². The molecule has 0 spiro atoms. The summed E-state index contributed by atoms with van der Waals surface area (Å²) in [4.78, 5) is 19.4. The number of piperazine rings is 1. The molecule has 0 aliphatic carbocycles. The van der Waals surface area contributed by atoms with Gasteiger partial charge in [0, 0.05) is 61.8 Å². The molecule has 1 aromatic carbocycles. The lowest BCUT2D eigenvalue weighted by Gasteiger charge is -2.35. The summed E-state index contributed by atoms with van der Waals surface area (Å²) < 4.78 is 4.62. The fraction of sp³-hybridized carbons (Fsp3) is 0.381. The van der Waals surface area contributed by atoms with Crippen LogP contribution >= 0.6 is 23.8 Å². The lowest BCUT2D eigenvalue weighted by molar-refractivity contribution is -0.384. The van der Waals surface area contributed by atoms with E-state index in [-0.39, 0.29) is 10.6 Å². The first-order valence-electron chi connectivity index (χ1n) is 10.5. The molecule has 4 rings (SSSR count). The maximum absolute atomic E-state index is 11.4. The Morgan fingerprint density at radius 3 is 2.53 bits per heavy atom. The van der Waals surface area contributed by atoms with E-state index >= 15 is 0 Å². The van der Waals surface area contributed by atoms with Crippen LogP contribution in [0.2, 0.25) is 5.02 Å². The van der Waals surface area contributed by atoms with Crippen LogP contribution in [0.3, 0.4) is 0 Å². The summed E-state index contributed by atoms with van der Waals surface area (Å²) in [7, 11) is 0. The Balaban J connectivity index is 1.49. The fourth-order valence-electron chi connectivity index (χ4n) is 3.90. The van der Waals surface area contributed by atoms with E-state index in [2.05, 4.69) is 21.4 Å². The van der Waals surface area contributed by atoms with Crippen LogP contribution in [0.4, 0.5) is 11.4 Å². The summed E-state index contributed by atoms with van der Waals surface area (Å²) in [5.74, 6) is 0.842. The highest BCUT2D eigenvalue weighted by Gasteiger charge is 2.25. The second-order valence-electron chi connectivity index (χ2n) is 7.63.